The molecule has 1 aromatic rings. The van der Waals surface area contributed by atoms with Gasteiger partial charge >= 0.3 is 0 Å². The summed E-state index contributed by atoms with van der Waals surface area (Å²) in [6.07, 6.45) is 5.27. The Hall–Kier alpha value is -2.40. The number of rotatable bonds is 8. The topological polar surface area (TPSA) is 78.4 Å². The predicted octanol–water partition coefficient (Wildman–Crippen LogP) is 2.00. The lowest BCUT2D eigenvalue weighted by Crippen LogP contribution is -2.47. The van der Waals surface area contributed by atoms with Crippen LogP contribution in [0, 0.1) is 0 Å². The molecule has 0 spiro atoms. The third-order valence-electron chi connectivity index (χ3n) is 3.29. The van der Waals surface area contributed by atoms with Crippen molar-refractivity contribution in [2.24, 2.45) is 0 Å². The third kappa shape index (κ3) is 7.42. The van der Waals surface area contributed by atoms with Gasteiger partial charge in [-0.25, -0.2) is 0 Å². The van der Waals surface area contributed by atoms with Gasteiger partial charge < -0.3 is 15.7 Å². The lowest BCUT2D eigenvalue weighted by atomic mass is 10.2. The highest BCUT2D eigenvalue weighted by Gasteiger charge is 2.14. The van der Waals surface area contributed by atoms with Crippen molar-refractivity contribution in [1.82, 2.24) is 10.6 Å². The predicted molar refractivity (Wildman–Crippen MR) is 91.3 cm³/mol. The van der Waals surface area contributed by atoms with E-state index in [-0.39, 0.29) is 18.4 Å². The lowest BCUT2D eigenvalue weighted by Gasteiger charge is -2.19. The fourth-order valence-electron chi connectivity index (χ4n) is 1.83. The summed E-state index contributed by atoms with van der Waals surface area (Å²) in [5.41, 5.74) is 1.50. The molecule has 0 aliphatic heterocycles. The van der Waals surface area contributed by atoms with Crippen LogP contribution >= 0.6 is 0 Å². The first-order valence-corrected chi connectivity index (χ1v) is 7.65. The molecule has 1 atom stereocenters. The quantitative estimate of drug-likeness (QED) is 0.507. The van der Waals surface area contributed by atoms with E-state index in [9.17, 15) is 9.59 Å². The number of hydrogen-bond acceptors (Lipinski definition) is 3. The monoisotopic (exact) mass is 316 g/mol. The van der Waals surface area contributed by atoms with Crippen molar-refractivity contribution in [3.63, 3.8) is 0 Å². The lowest BCUT2D eigenvalue weighted by molar-refractivity contribution is -0.120. The molecule has 0 saturated carbocycles. The highest BCUT2D eigenvalue weighted by atomic mass is 16.3. The Morgan fingerprint density at radius 2 is 1.91 bits per heavy atom. The van der Waals surface area contributed by atoms with Crippen LogP contribution in [0.3, 0.4) is 0 Å². The molecule has 0 aliphatic carbocycles. The summed E-state index contributed by atoms with van der Waals surface area (Å²) in [6.45, 7) is 3.49. The summed E-state index contributed by atoms with van der Waals surface area (Å²) in [7, 11) is 0. The molecule has 5 heteroatoms. The second-order valence-electron chi connectivity index (χ2n) is 5.12. The van der Waals surface area contributed by atoms with E-state index >= 15 is 0 Å². The number of aliphatic hydroxyl groups excluding tert-OH is 1. The van der Waals surface area contributed by atoms with Gasteiger partial charge in [0.2, 0.25) is 11.8 Å². The molecule has 0 saturated heterocycles. The fraction of sp³-hybridized carbons (Fsp3) is 0.333. The fourth-order valence-corrected chi connectivity index (χ4v) is 1.83. The molecular weight excluding hydrogens is 292 g/mol. The summed E-state index contributed by atoms with van der Waals surface area (Å²) in [6, 6.07) is 9.47. The normalized spacial score (nSPS) is 12.9. The van der Waals surface area contributed by atoms with Crippen molar-refractivity contribution >= 4 is 17.9 Å². The van der Waals surface area contributed by atoms with Gasteiger partial charge in [-0.1, -0.05) is 36.4 Å². The van der Waals surface area contributed by atoms with Gasteiger partial charge in [-0.05, 0) is 38.3 Å². The maximum Gasteiger partial charge on any atom is 0.248 e. The number of nitrogens with one attached hydrogen (secondary N) is 2. The second-order valence-corrected chi connectivity index (χ2v) is 5.12. The molecule has 0 fully saturated rings. The first-order chi connectivity index (χ1) is 11.1. The van der Waals surface area contributed by atoms with Crippen LogP contribution in [0.5, 0.6) is 0 Å². The van der Waals surface area contributed by atoms with Gasteiger partial charge in [0.15, 0.2) is 0 Å². The Labute approximate surface area is 137 Å². The van der Waals surface area contributed by atoms with E-state index in [1.165, 1.54) is 6.08 Å². The zero-order valence-electron chi connectivity index (χ0n) is 13.6. The average molecular weight is 316 g/mol. The van der Waals surface area contributed by atoms with E-state index in [0.29, 0.717) is 18.4 Å². The molecule has 0 aromatic heterocycles. The summed E-state index contributed by atoms with van der Waals surface area (Å²) in [4.78, 5) is 23.9. The molecule has 1 aromatic carbocycles. The van der Waals surface area contributed by atoms with E-state index in [0.717, 1.165) is 5.56 Å². The second kappa shape index (κ2) is 10.3. The summed E-state index contributed by atoms with van der Waals surface area (Å²) in [5, 5.41) is 14.4. The van der Waals surface area contributed by atoms with Crippen LogP contribution in [0.2, 0.25) is 0 Å². The summed E-state index contributed by atoms with van der Waals surface area (Å²) >= 11 is 0. The Kier molecular flexibility index (Phi) is 8.39. The number of hydrogen-bond donors (Lipinski definition) is 3. The van der Waals surface area contributed by atoms with E-state index in [2.05, 4.69) is 10.6 Å². The Bertz CT molecular complexity index is 565. The van der Waals surface area contributed by atoms with Gasteiger partial charge in [0.25, 0.3) is 0 Å². The standard InChI is InChI=1S/C18H24N2O3/c1-3-14(2)18(23)20-16(10-7-13-21)19-17(22)12-11-15-8-5-4-6-9-15/h3-6,8-9,11-12,16,21H,7,10,13H2,1-2H3,(H,19,22)(H,20,23)/b12-11-,14-3+/t16-/m0/s1. The van der Waals surface area contributed by atoms with E-state index in [1.807, 2.05) is 30.3 Å². The number of benzene rings is 1. The van der Waals surface area contributed by atoms with Crippen molar-refractivity contribution in [2.75, 3.05) is 6.61 Å². The highest BCUT2D eigenvalue weighted by molar-refractivity contribution is 5.94. The number of aliphatic hydroxyl groups is 1. The molecule has 0 heterocycles. The van der Waals surface area contributed by atoms with Crippen LogP contribution in [0.4, 0.5) is 0 Å². The van der Waals surface area contributed by atoms with Crippen molar-refractivity contribution in [2.45, 2.75) is 32.9 Å². The third-order valence-corrected chi connectivity index (χ3v) is 3.29. The molecule has 5 nitrogen and oxygen atoms in total. The minimum atomic E-state index is -0.516. The van der Waals surface area contributed by atoms with Gasteiger partial charge in [0.05, 0.1) is 0 Å². The zero-order chi connectivity index (χ0) is 17.1. The van der Waals surface area contributed by atoms with Crippen molar-refractivity contribution in [3.05, 3.63) is 53.6 Å². The molecule has 124 valence electrons. The largest absolute Gasteiger partial charge is 0.396 e. The van der Waals surface area contributed by atoms with Crippen molar-refractivity contribution in [3.8, 4) is 0 Å². The molecule has 0 unspecified atom stereocenters. The van der Waals surface area contributed by atoms with Crippen LogP contribution in [-0.2, 0) is 9.59 Å². The number of allylic oxidation sites excluding steroid dienone is 1. The first kappa shape index (κ1) is 18.6. The minimum absolute atomic E-state index is 0.00466. The van der Waals surface area contributed by atoms with Crippen LogP contribution < -0.4 is 10.6 Å². The van der Waals surface area contributed by atoms with Gasteiger partial charge in [0, 0.05) is 18.3 Å². The maximum absolute atomic E-state index is 12.0. The maximum atomic E-state index is 12.0. The molecule has 0 bridgehead atoms. The molecule has 0 aliphatic rings. The SMILES string of the molecule is C/C=C(\C)C(=O)N[C@@H](CCCO)NC(=O)/C=C\c1ccccc1. The molecular formula is C18H24N2O3. The van der Waals surface area contributed by atoms with E-state index in [4.69, 9.17) is 5.11 Å². The average Bonchev–Trinajstić information content (AvgIpc) is 2.57. The van der Waals surface area contributed by atoms with Crippen LogP contribution in [0.1, 0.15) is 32.3 Å². The molecule has 23 heavy (non-hydrogen) atoms. The van der Waals surface area contributed by atoms with Gasteiger partial charge in [0.1, 0.15) is 6.17 Å². The van der Waals surface area contributed by atoms with E-state index in [1.54, 1.807) is 26.0 Å². The zero-order valence-corrected chi connectivity index (χ0v) is 13.6. The Morgan fingerprint density at radius 1 is 1.22 bits per heavy atom. The Morgan fingerprint density at radius 3 is 2.52 bits per heavy atom. The number of carbonyl (C=O) groups is 2. The number of amides is 2. The number of carbonyl (C=O) groups excluding carboxylic acids is 2. The van der Waals surface area contributed by atoms with Crippen LogP contribution in [0.15, 0.2) is 48.1 Å². The van der Waals surface area contributed by atoms with Crippen LogP contribution in [-0.4, -0.2) is 29.7 Å². The van der Waals surface area contributed by atoms with E-state index < -0.39 is 6.17 Å². The van der Waals surface area contributed by atoms with Crippen molar-refractivity contribution in [1.29, 1.82) is 0 Å². The van der Waals surface area contributed by atoms with Crippen molar-refractivity contribution < 1.29 is 14.7 Å². The smallest absolute Gasteiger partial charge is 0.248 e. The first-order valence-electron chi connectivity index (χ1n) is 7.65. The van der Waals surface area contributed by atoms with Gasteiger partial charge in [-0.2, -0.15) is 0 Å². The minimum Gasteiger partial charge on any atom is -0.396 e. The summed E-state index contributed by atoms with van der Waals surface area (Å²) in [5.74, 6) is -0.530. The van der Waals surface area contributed by atoms with Gasteiger partial charge in [-0.15, -0.1) is 0 Å². The summed E-state index contributed by atoms with van der Waals surface area (Å²) < 4.78 is 0. The molecule has 2 amide bonds. The highest BCUT2D eigenvalue weighted by Crippen LogP contribution is 2.02. The molecule has 3 N–H and O–H groups in total. The Balaban J connectivity index is 2.63. The molecule has 1 rings (SSSR count). The van der Waals surface area contributed by atoms with Crippen LogP contribution in [0.25, 0.3) is 6.08 Å². The molecule has 0 radical (unpaired) electrons. The van der Waals surface area contributed by atoms with Gasteiger partial charge in [-0.3, -0.25) is 9.59 Å².